The van der Waals surface area contributed by atoms with E-state index in [1.165, 1.54) is 12.8 Å². The van der Waals surface area contributed by atoms with Crippen molar-refractivity contribution in [3.8, 4) is 11.5 Å². The van der Waals surface area contributed by atoms with Crippen molar-refractivity contribution >= 4 is 0 Å². The molecule has 2 N–H and O–H groups in total. The van der Waals surface area contributed by atoms with E-state index in [4.69, 9.17) is 15.2 Å². The summed E-state index contributed by atoms with van der Waals surface area (Å²) in [5, 5.41) is 0. The maximum absolute atomic E-state index is 5.93. The molecule has 1 atom stereocenters. The minimum atomic E-state index is -0.0168. The zero-order chi connectivity index (χ0) is 12.3. The van der Waals surface area contributed by atoms with Gasteiger partial charge in [0.05, 0.1) is 13.7 Å². The molecule has 1 aromatic rings. The van der Waals surface area contributed by atoms with E-state index < -0.39 is 0 Å². The highest BCUT2D eigenvalue weighted by Gasteiger charge is 2.21. The summed E-state index contributed by atoms with van der Waals surface area (Å²) in [6, 6.07) is 5.81. The van der Waals surface area contributed by atoms with Gasteiger partial charge in [-0.1, -0.05) is 18.9 Å². The quantitative estimate of drug-likeness (QED) is 0.824. The highest BCUT2D eigenvalue weighted by Crippen LogP contribution is 2.33. The van der Waals surface area contributed by atoms with Gasteiger partial charge in [-0.3, -0.25) is 0 Å². The molecule has 3 heteroatoms. The summed E-state index contributed by atoms with van der Waals surface area (Å²) in [5.41, 5.74) is 6.97. The van der Waals surface area contributed by atoms with E-state index in [0.29, 0.717) is 0 Å². The second-order valence-electron chi connectivity index (χ2n) is 4.77. The number of hydrogen-bond acceptors (Lipinski definition) is 3. The van der Waals surface area contributed by atoms with E-state index in [-0.39, 0.29) is 6.04 Å². The van der Waals surface area contributed by atoms with E-state index in [2.05, 4.69) is 0 Å². The van der Waals surface area contributed by atoms with Crippen LogP contribution < -0.4 is 15.2 Å². The van der Waals surface area contributed by atoms with Gasteiger partial charge in [0.25, 0.3) is 0 Å². The van der Waals surface area contributed by atoms with E-state index in [1.54, 1.807) is 7.11 Å². The Morgan fingerprint density at radius 3 is 2.76 bits per heavy atom. The smallest absolute Gasteiger partial charge is 0.127 e. The molecule has 0 aromatic heterocycles. The lowest BCUT2D eigenvalue weighted by atomic mass is 10.1. The zero-order valence-electron chi connectivity index (χ0n) is 10.6. The maximum atomic E-state index is 5.93. The second-order valence-corrected chi connectivity index (χ2v) is 4.77. The lowest BCUT2D eigenvalue weighted by molar-refractivity contribution is 0.296. The minimum Gasteiger partial charge on any atom is -0.497 e. The SMILES string of the molecule is COc1ccc([C@@H](C)N)c(OCCC2CC2)c1. The van der Waals surface area contributed by atoms with Crippen LogP contribution in [-0.4, -0.2) is 13.7 Å². The standard InChI is InChI=1S/C14H21NO2/c1-10(15)13-6-5-12(16-2)9-14(13)17-8-7-11-3-4-11/h5-6,9-11H,3-4,7-8,15H2,1-2H3/t10-/m1/s1. The monoisotopic (exact) mass is 235 g/mol. The summed E-state index contributed by atoms with van der Waals surface area (Å²) < 4.78 is 11.0. The van der Waals surface area contributed by atoms with Gasteiger partial charge < -0.3 is 15.2 Å². The summed E-state index contributed by atoms with van der Waals surface area (Å²) in [5.74, 6) is 2.56. The molecule has 0 saturated heterocycles. The van der Waals surface area contributed by atoms with E-state index >= 15 is 0 Å². The van der Waals surface area contributed by atoms with Crippen molar-refractivity contribution in [3.63, 3.8) is 0 Å². The first-order chi connectivity index (χ1) is 8.20. The van der Waals surface area contributed by atoms with Crippen molar-refractivity contribution in [1.82, 2.24) is 0 Å². The molecule has 0 heterocycles. The molecule has 0 aliphatic heterocycles. The first-order valence-corrected chi connectivity index (χ1v) is 6.27. The summed E-state index contributed by atoms with van der Waals surface area (Å²) >= 11 is 0. The Hall–Kier alpha value is -1.22. The van der Waals surface area contributed by atoms with Crippen LogP contribution in [-0.2, 0) is 0 Å². The van der Waals surface area contributed by atoms with Crippen molar-refractivity contribution in [1.29, 1.82) is 0 Å². The summed E-state index contributed by atoms with van der Waals surface area (Å²) in [6.45, 7) is 2.74. The van der Waals surface area contributed by atoms with Gasteiger partial charge in [0.2, 0.25) is 0 Å². The molecule has 1 aliphatic rings. The molecule has 0 spiro atoms. The van der Waals surface area contributed by atoms with E-state index in [9.17, 15) is 0 Å². The van der Waals surface area contributed by atoms with Crippen LogP contribution >= 0.6 is 0 Å². The van der Waals surface area contributed by atoms with Crippen LogP contribution in [0, 0.1) is 5.92 Å². The van der Waals surface area contributed by atoms with Crippen molar-refractivity contribution < 1.29 is 9.47 Å². The van der Waals surface area contributed by atoms with Gasteiger partial charge in [0, 0.05) is 17.7 Å². The Morgan fingerprint density at radius 2 is 2.18 bits per heavy atom. The van der Waals surface area contributed by atoms with Crippen molar-refractivity contribution in [2.45, 2.75) is 32.2 Å². The van der Waals surface area contributed by atoms with Crippen LogP contribution in [0.1, 0.15) is 37.8 Å². The molecule has 1 fully saturated rings. The largest absolute Gasteiger partial charge is 0.497 e. The Balaban J connectivity index is 2.03. The van der Waals surface area contributed by atoms with Crippen LogP contribution in [0.25, 0.3) is 0 Å². The molecule has 1 aliphatic carbocycles. The summed E-state index contributed by atoms with van der Waals surface area (Å²) in [4.78, 5) is 0. The summed E-state index contributed by atoms with van der Waals surface area (Å²) in [7, 11) is 1.66. The molecule has 2 rings (SSSR count). The molecular weight excluding hydrogens is 214 g/mol. The molecular formula is C14H21NO2. The molecule has 0 amide bonds. The highest BCUT2D eigenvalue weighted by atomic mass is 16.5. The van der Waals surface area contributed by atoms with E-state index in [1.807, 2.05) is 25.1 Å². The number of nitrogens with two attached hydrogens (primary N) is 1. The number of benzene rings is 1. The van der Waals surface area contributed by atoms with Gasteiger partial charge >= 0.3 is 0 Å². The van der Waals surface area contributed by atoms with Gasteiger partial charge in [-0.2, -0.15) is 0 Å². The van der Waals surface area contributed by atoms with Gasteiger partial charge in [-0.25, -0.2) is 0 Å². The average molecular weight is 235 g/mol. The summed E-state index contributed by atoms with van der Waals surface area (Å²) in [6.07, 6.45) is 3.87. The topological polar surface area (TPSA) is 44.5 Å². The molecule has 94 valence electrons. The molecule has 3 nitrogen and oxygen atoms in total. The van der Waals surface area contributed by atoms with Gasteiger partial charge in [0.15, 0.2) is 0 Å². The fourth-order valence-electron chi connectivity index (χ4n) is 1.88. The van der Waals surface area contributed by atoms with Crippen molar-refractivity contribution in [2.75, 3.05) is 13.7 Å². The Bertz CT molecular complexity index is 372. The third kappa shape index (κ3) is 3.37. The lowest BCUT2D eigenvalue weighted by Crippen LogP contribution is -2.09. The van der Waals surface area contributed by atoms with Crippen molar-refractivity contribution in [3.05, 3.63) is 23.8 Å². The fourth-order valence-corrected chi connectivity index (χ4v) is 1.88. The molecule has 1 saturated carbocycles. The number of hydrogen-bond donors (Lipinski definition) is 1. The third-order valence-corrected chi connectivity index (χ3v) is 3.19. The van der Waals surface area contributed by atoms with Crippen LogP contribution in [0.3, 0.4) is 0 Å². The minimum absolute atomic E-state index is 0.0168. The normalized spacial score (nSPS) is 16.6. The van der Waals surface area contributed by atoms with Crippen LogP contribution in [0.5, 0.6) is 11.5 Å². The molecule has 0 unspecified atom stereocenters. The molecule has 1 aromatic carbocycles. The van der Waals surface area contributed by atoms with Crippen molar-refractivity contribution in [2.24, 2.45) is 11.7 Å². The molecule has 0 bridgehead atoms. The first-order valence-electron chi connectivity index (χ1n) is 6.27. The first kappa shape index (κ1) is 12.2. The Kier molecular flexibility index (Phi) is 3.89. The molecule has 17 heavy (non-hydrogen) atoms. The number of methoxy groups -OCH3 is 1. The van der Waals surface area contributed by atoms with Crippen LogP contribution in [0.15, 0.2) is 18.2 Å². The number of rotatable bonds is 6. The van der Waals surface area contributed by atoms with Gasteiger partial charge in [-0.15, -0.1) is 0 Å². The zero-order valence-corrected chi connectivity index (χ0v) is 10.6. The lowest BCUT2D eigenvalue weighted by Gasteiger charge is -2.15. The Morgan fingerprint density at radius 1 is 1.41 bits per heavy atom. The Labute approximate surface area is 103 Å². The van der Waals surface area contributed by atoms with Crippen LogP contribution in [0.2, 0.25) is 0 Å². The maximum Gasteiger partial charge on any atom is 0.127 e. The van der Waals surface area contributed by atoms with Gasteiger partial charge in [0.1, 0.15) is 11.5 Å². The predicted octanol–water partition coefficient (Wildman–Crippen LogP) is 2.89. The van der Waals surface area contributed by atoms with Gasteiger partial charge in [-0.05, 0) is 25.3 Å². The van der Waals surface area contributed by atoms with E-state index in [0.717, 1.165) is 36.0 Å². The molecule has 0 radical (unpaired) electrons. The highest BCUT2D eigenvalue weighted by molar-refractivity contribution is 5.42. The predicted molar refractivity (Wildman–Crippen MR) is 68.4 cm³/mol. The second kappa shape index (κ2) is 5.41. The third-order valence-electron chi connectivity index (χ3n) is 3.19. The number of ether oxygens (including phenoxy) is 2. The fraction of sp³-hybridized carbons (Fsp3) is 0.571. The van der Waals surface area contributed by atoms with Crippen LogP contribution in [0.4, 0.5) is 0 Å². The average Bonchev–Trinajstić information content (AvgIpc) is 3.12.